The van der Waals surface area contributed by atoms with E-state index in [1.54, 1.807) is 20.9 Å². The molecule has 25 heavy (non-hydrogen) atoms. The SMILES string of the molecule is CCN(CCCNC(=NC)NCC(C)(C)S(C)(=O)=O)c1ccccc1. The van der Waals surface area contributed by atoms with E-state index < -0.39 is 14.6 Å². The lowest BCUT2D eigenvalue weighted by Gasteiger charge is -2.25. The average molecular weight is 369 g/mol. The molecule has 0 fully saturated rings. The molecule has 0 spiro atoms. The molecule has 1 aromatic rings. The Morgan fingerprint density at radius 1 is 1.20 bits per heavy atom. The topological polar surface area (TPSA) is 73.8 Å². The van der Waals surface area contributed by atoms with Crippen LogP contribution in [0, 0.1) is 0 Å². The van der Waals surface area contributed by atoms with Crippen LogP contribution < -0.4 is 15.5 Å². The summed E-state index contributed by atoms with van der Waals surface area (Å²) in [5.41, 5.74) is 1.22. The molecule has 0 atom stereocenters. The van der Waals surface area contributed by atoms with Crippen LogP contribution in [0.3, 0.4) is 0 Å². The number of benzene rings is 1. The average Bonchev–Trinajstić information content (AvgIpc) is 2.57. The molecule has 0 aliphatic rings. The number of rotatable bonds is 9. The number of aliphatic imine (C=N–C) groups is 1. The van der Waals surface area contributed by atoms with Gasteiger partial charge in [-0.2, -0.15) is 0 Å². The van der Waals surface area contributed by atoms with E-state index in [0.29, 0.717) is 12.5 Å². The molecule has 0 aliphatic carbocycles. The molecular weight excluding hydrogens is 336 g/mol. The molecule has 0 radical (unpaired) electrons. The van der Waals surface area contributed by atoms with Gasteiger partial charge in [0.05, 0.1) is 4.75 Å². The van der Waals surface area contributed by atoms with E-state index in [9.17, 15) is 8.42 Å². The monoisotopic (exact) mass is 368 g/mol. The third-order valence-electron chi connectivity index (χ3n) is 4.31. The van der Waals surface area contributed by atoms with E-state index in [1.807, 2.05) is 18.2 Å². The Balaban J connectivity index is 2.41. The second kappa shape index (κ2) is 9.65. The largest absolute Gasteiger partial charge is 0.372 e. The Bertz CT molecular complexity index is 642. The predicted molar refractivity (Wildman–Crippen MR) is 107 cm³/mol. The highest BCUT2D eigenvalue weighted by Crippen LogP contribution is 2.13. The van der Waals surface area contributed by atoms with Crippen molar-refractivity contribution in [1.82, 2.24) is 10.6 Å². The summed E-state index contributed by atoms with van der Waals surface area (Å²) < 4.78 is 22.7. The summed E-state index contributed by atoms with van der Waals surface area (Å²) in [6, 6.07) is 10.3. The fourth-order valence-corrected chi connectivity index (χ4v) is 2.57. The molecule has 6 nitrogen and oxygen atoms in total. The second-order valence-corrected chi connectivity index (χ2v) is 9.30. The maximum absolute atomic E-state index is 11.8. The Labute approximate surface area is 152 Å². The number of nitrogens with one attached hydrogen (secondary N) is 2. The van der Waals surface area contributed by atoms with Gasteiger partial charge < -0.3 is 15.5 Å². The Kier molecular flexibility index (Phi) is 8.22. The molecule has 0 unspecified atom stereocenters. The van der Waals surface area contributed by atoms with Gasteiger partial charge in [0.25, 0.3) is 0 Å². The fraction of sp³-hybridized carbons (Fsp3) is 0.611. The van der Waals surface area contributed by atoms with Crippen LogP contribution in [0.15, 0.2) is 35.3 Å². The van der Waals surface area contributed by atoms with Crippen molar-refractivity contribution in [3.05, 3.63) is 30.3 Å². The first-order valence-electron chi connectivity index (χ1n) is 8.65. The van der Waals surface area contributed by atoms with E-state index in [0.717, 1.165) is 26.1 Å². The number of guanidine groups is 1. The summed E-state index contributed by atoms with van der Waals surface area (Å²) in [5, 5.41) is 6.34. The van der Waals surface area contributed by atoms with Gasteiger partial charge in [0.15, 0.2) is 15.8 Å². The van der Waals surface area contributed by atoms with Crippen molar-refractivity contribution in [1.29, 1.82) is 0 Å². The molecule has 0 aromatic heterocycles. The lowest BCUT2D eigenvalue weighted by atomic mass is 10.2. The zero-order valence-corrected chi connectivity index (χ0v) is 16.9. The smallest absolute Gasteiger partial charge is 0.191 e. The standard InChI is InChI=1S/C18H32N4O2S/c1-6-22(16-11-8-7-9-12-16)14-10-13-20-17(19-4)21-15-18(2,3)25(5,23)24/h7-9,11-12H,6,10,13-15H2,1-5H3,(H2,19,20,21). The zero-order valence-electron chi connectivity index (χ0n) is 16.0. The first-order valence-corrected chi connectivity index (χ1v) is 10.5. The summed E-state index contributed by atoms with van der Waals surface area (Å²) in [4.78, 5) is 6.48. The van der Waals surface area contributed by atoms with Gasteiger partial charge in [0, 0.05) is 45.2 Å². The molecule has 142 valence electrons. The molecule has 7 heteroatoms. The summed E-state index contributed by atoms with van der Waals surface area (Å²) in [7, 11) is -1.44. The first kappa shape index (κ1) is 21.3. The number of hydrogen-bond acceptors (Lipinski definition) is 4. The van der Waals surface area contributed by atoms with Crippen molar-refractivity contribution in [2.24, 2.45) is 4.99 Å². The van der Waals surface area contributed by atoms with Crippen LogP contribution >= 0.6 is 0 Å². The first-order chi connectivity index (χ1) is 11.7. The molecular formula is C18H32N4O2S. The summed E-state index contributed by atoms with van der Waals surface area (Å²) in [5.74, 6) is 0.625. The van der Waals surface area contributed by atoms with Crippen molar-refractivity contribution in [2.45, 2.75) is 31.9 Å². The van der Waals surface area contributed by atoms with Gasteiger partial charge in [0.1, 0.15) is 0 Å². The third-order valence-corrected chi connectivity index (χ3v) is 6.46. The molecule has 0 saturated carbocycles. The second-order valence-electron chi connectivity index (χ2n) is 6.65. The lowest BCUT2D eigenvalue weighted by Crippen LogP contribution is -2.48. The van der Waals surface area contributed by atoms with Gasteiger partial charge >= 0.3 is 0 Å². The Morgan fingerprint density at radius 2 is 1.84 bits per heavy atom. The number of nitrogens with zero attached hydrogens (tertiary/aromatic N) is 2. The van der Waals surface area contributed by atoms with E-state index in [-0.39, 0.29) is 0 Å². The zero-order chi connectivity index (χ0) is 18.9. The van der Waals surface area contributed by atoms with Crippen LogP contribution in [0.25, 0.3) is 0 Å². The minimum atomic E-state index is -3.13. The van der Waals surface area contributed by atoms with Gasteiger partial charge in [-0.15, -0.1) is 0 Å². The summed E-state index contributed by atoms with van der Waals surface area (Å²) in [6.45, 7) is 8.55. The van der Waals surface area contributed by atoms with E-state index in [1.165, 1.54) is 11.9 Å². The van der Waals surface area contributed by atoms with Gasteiger partial charge in [0.2, 0.25) is 0 Å². The minimum Gasteiger partial charge on any atom is -0.372 e. The van der Waals surface area contributed by atoms with Crippen molar-refractivity contribution >= 4 is 21.5 Å². The summed E-state index contributed by atoms with van der Waals surface area (Å²) in [6.07, 6.45) is 2.21. The fourth-order valence-electron chi connectivity index (χ4n) is 2.23. The van der Waals surface area contributed by atoms with E-state index in [2.05, 4.69) is 39.6 Å². The lowest BCUT2D eigenvalue weighted by molar-refractivity contribution is 0.544. The highest BCUT2D eigenvalue weighted by molar-refractivity contribution is 7.92. The number of hydrogen-bond donors (Lipinski definition) is 2. The van der Waals surface area contributed by atoms with Crippen molar-refractivity contribution in [3.63, 3.8) is 0 Å². The number of anilines is 1. The van der Waals surface area contributed by atoms with Gasteiger partial charge in [-0.25, -0.2) is 8.42 Å². The molecule has 0 heterocycles. The van der Waals surface area contributed by atoms with Gasteiger partial charge in [-0.05, 0) is 39.3 Å². The molecule has 0 saturated heterocycles. The normalized spacial score (nSPS) is 12.8. The number of para-hydroxylation sites is 1. The maximum Gasteiger partial charge on any atom is 0.191 e. The third kappa shape index (κ3) is 6.94. The highest BCUT2D eigenvalue weighted by atomic mass is 32.2. The Hall–Kier alpha value is -1.76. The van der Waals surface area contributed by atoms with Crippen LogP contribution in [-0.4, -0.2) is 58.6 Å². The molecule has 0 bridgehead atoms. The van der Waals surface area contributed by atoms with Crippen LogP contribution in [0.2, 0.25) is 0 Å². The highest BCUT2D eigenvalue weighted by Gasteiger charge is 2.30. The molecule has 1 aromatic carbocycles. The molecule has 0 aliphatic heterocycles. The predicted octanol–water partition coefficient (Wildman–Crippen LogP) is 1.89. The molecule has 0 amide bonds. The molecule has 1 rings (SSSR count). The van der Waals surface area contributed by atoms with E-state index in [4.69, 9.17) is 0 Å². The maximum atomic E-state index is 11.8. The van der Waals surface area contributed by atoms with Crippen molar-refractivity contribution < 1.29 is 8.42 Å². The van der Waals surface area contributed by atoms with Crippen molar-refractivity contribution in [2.75, 3.05) is 44.4 Å². The summed E-state index contributed by atoms with van der Waals surface area (Å²) >= 11 is 0. The van der Waals surface area contributed by atoms with Crippen LogP contribution in [0.1, 0.15) is 27.2 Å². The Morgan fingerprint density at radius 3 is 2.36 bits per heavy atom. The number of sulfone groups is 1. The van der Waals surface area contributed by atoms with E-state index >= 15 is 0 Å². The minimum absolute atomic E-state index is 0.316. The van der Waals surface area contributed by atoms with Crippen molar-refractivity contribution in [3.8, 4) is 0 Å². The molecule has 2 N–H and O–H groups in total. The van der Waals surface area contributed by atoms with Crippen LogP contribution in [0.4, 0.5) is 5.69 Å². The van der Waals surface area contributed by atoms with Gasteiger partial charge in [-0.1, -0.05) is 18.2 Å². The van der Waals surface area contributed by atoms with Crippen LogP contribution in [-0.2, 0) is 9.84 Å². The van der Waals surface area contributed by atoms with Gasteiger partial charge in [-0.3, -0.25) is 4.99 Å². The quantitative estimate of drug-likeness (QED) is 0.396. The van der Waals surface area contributed by atoms with Crippen LogP contribution in [0.5, 0.6) is 0 Å².